The largest absolute Gasteiger partial charge is 0.391 e. The van der Waals surface area contributed by atoms with Crippen LogP contribution in [0.3, 0.4) is 0 Å². The van der Waals surface area contributed by atoms with E-state index in [1.165, 1.54) is 6.92 Å². The van der Waals surface area contributed by atoms with E-state index >= 15 is 0 Å². The number of halogens is 1. The van der Waals surface area contributed by atoms with E-state index in [4.69, 9.17) is 40.3 Å². The lowest BCUT2D eigenvalue weighted by molar-refractivity contribution is -0.143. The second kappa shape index (κ2) is 28.9. The minimum atomic E-state index is -1.49. The number of aliphatic hydroxyl groups is 1. The molecule has 3 heterocycles. The number of hydrogen-bond donors (Lipinski definition) is 12. The molecule has 412 valence electrons. The van der Waals surface area contributed by atoms with Crippen LogP contribution in [0.5, 0.6) is 0 Å². The molecule has 3 aromatic rings. The molecule has 76 heavy (non-hydrogen) atoms. The minimum Gasteiger partial charge on any atom is -0.391 e. The second-order valence-corrected chi connectivity index (χ2v) is 19.7. The number of aromatic nitrogens is 1. The highest BCUT2D eigenvalue weighted by atomic mass is 35.5. The van der Waals surface area contributed by atoms with Gasteiger partial charge in [0.15, 0.2) is 17.7 Å². The van der Waals surface area contributed by atoms with Gasteiger partial charge in [-0.1, -0.05) is 41.9 Å². The molecule has 5 rings (SSSR count). The number of para-hydroxylation sites is 1. The summed E-state index contributed by atoms with van der Waals surface area (Å²) in [5.41, 5.74) is 29.9. The van der Waals surface area contributed by atoms with Crippen molar-refractivity contribution >= 4 is 87.3 Å². The molecule has 25 heteroatoms. The van der Waals surface area contributed by atoms with Crippen LogP contribution in [0.1, 0.15) is 88.7 Å². The summed E-state index contributed by atoms with van der Waals surface area (Å²) in [5.74, 6) is -8.66. The fourth-order valence-electron chi connectivity index (χ4n) is 9.48. The summed E-state index contributed by atoms with van der Waals surface area (Å²) in [4.78, 5) is 138. The van der Waals surface area contributed by atoms with Gasteiger partial charge in [0, 0.05) is 92.7 Å². The number of nitrogens with two attached hydrogens (primary N) is 5. The van der Waals surface area contributed by atoms with Crippen LogP contribution in [0, 0.1) is 11.8 Å². The normalized spacial score (nSPS) is 23.0. The summed E-state index contributed by atoms with van der Waals surface area (Å²) < 4.78 is 0. The van der Waals surface area contributed by atoms with Crippen LogP contribution in [0.15, 0.2) is 64.7 Å². The van der Waals surface area contributed by atoms with Gasteiger partial charge in [0.25, 0.3) is 0 Å². The third-order valence-electron chi connectivity index (χ3n) is 13.3. The standard InChI is InChI=1S/C51H71ClN14O10/c1-28(67)62-38(14-7-19-60-51(56)57)47(74)64-39-15-16-44(71)58-17-6-13-37(45(53)72)63-46(73)31(22-32-26-61-36-12-3-2-11-35(32)36)24-42(69)30(9-5-18-59-50(54)55)23-43(70)40(21-29-8-4-10-33(52)20-29)65-48(75)41-25-34(68)27-66(41)49(39)76/h2-4,8,10-12,20,26,30-31,34,37-41,61,68H,5-7,9,13-19,21-25,27H2,1H3,(H2,53,72)(H,58,71)(H,62,67)(H,63,73)(H,64,74)(H,65,75)(H4,54,55,59)(H4,56,57,60)/t30-,31-,34-,37+,38+,39+,40-,41+/m1/s1. The number of ketones is 2. The number of primary amides is 1. The number of H-pyrrole nitrogens is 1. The average Bonchev–Trinajstić information content (AvgIpc) is 3.97. The fraction of sp³-hybridized carbons (Fsp3) is 0.510. The highest BCUT2D eigenvalue weighted by Crippen LogP contribution is 2.27. The molecule has 0 radical (unpaired) electrons. The lowest BCUT2D eigenvalue weighted by atomic mass is 9.83. The zero-order valence-electron chi connectivity index (χ0n) is 42.6. The fourth-order valence-corrected chi connectivity index (χ4v) is 9.69. The SMILES string of the molecule is CC(=O)N[C@@H](CCCN=C(N)N)C(=O)N[C@H]1CCC(=O)NCCC[C@@H](C(N)=O)NC(=O)[C@H](Cc2c[nH]c3ccccc23)CC(=O)[C@H](CCCN=C(N)N)CC(=O)[C@@H](Cc2cccc(Cl)c2)NC(=O)[C@@H]2C[C@@H](O)CN2C1=O. The maximum absolute atomic E-state index is 14.8. The Labute approximate surface area is 444 Å². The van der Waals surface area contributed by atoms with E-state index in [-0.39, 0.29) is 115 Å². The van der Waals surface area contributed by atoms with Crippen molar-refractivity contribution in [2.75, 3.05) is 26.2 Å². The molecule has 0 bridgehead atoms. The Morgan fingerprint density at radius 1 is 0.855 bits per heavy atom. The molecular weight excluding hydrogens is 1000 g/mol. The summed E-state index contributed by atoms with van der Waals surface area (Å²) in [7, 11) is 0. The van der Waals surface area contributed by atoms with Crippen molar-refractivity contribution in [3.05, 3.63) is 70.9 Å². The van der Waals surface area contributed by atoms with Gasteiger partial charge in [-0.05, 0) is 87.1 Å². The predicted molar refractivity (Wildman–Crippen MR) is 283 cm³/mol. The Bertz CT molecular complexity index is 2640. The summed E-state index contributed by atoms with van der Waals surface area (Å²) in [6.45, 7) is 1.05. The third-order valence-corrected chi connectivity index (χ3v) is 13.6. The molecule has 24 nitrogen and oxygen atoms in total. The number of rotatable bonds is 16. The minimum absolute atomic E-state index is 0.00636. The van der Waals surface area contributed by atoms with E-state index in [1.807, 2.05) is 24.3 Å². The molecule has 0 aliphatic carbocycles. The van der Waals surface area contributed by atoms with Gasteiger partial charge in [-0.3, -0.25) is 53.1 Å². The van der Waals surface area contributed by atoms with Gasteiger partial charge in [0.05, 0.1) is 12.1 Å². The van der Waals surface area contributed by atoms with Gasteiger partial charge >= 0.3 is 0 Å². The van der Waals surface area contributed by atoms with Crippen LogP contribution in [0.4, 0.5) is 0 Å². The van der Waals surface area contributed by atoms with Gasteiger partial charge in [-0.15, -0.1) is 0 Å². The number of aliphatic imine (C=N–C) groups is 2. The molecule has 2 aliphatic rings. The van der Waals surface area contributed by atoms with Crippen LogP contribution >= 0.6 is 11.6 Å². The Morgan fingerprint density at radius 2 is 1.57 bits per heavy atom. The Morgan fingerprint density at radius 3 is 2.26 bits per heavy atom. The molecule has 2 fully saturated rings. The van der Waals surface area contributed by atoms with Crippen molar-refractivity contribution < 1.29 is 48.3 Å². The van der Waals surface area contributed by atoms with E-state index in [0.717, 1.165) is 15.8 Å². The van der Waals surface area contributed by atoms with Gasteiger partial charge in [0.2, 0.25) is 41.4 Å². The van der Waals surface area contributed by atoms with E-state index in [9.17, 15) is 48.3 Å². The summed E-state index contributed by atoms with van der Waals surface area (Å²) in [5, 5.41) is 25.6. The Balaban J connectivity index is 1.54. The van der Waals surface area contributed by atoms with Crippen LogP contribution in [-0.4, -0.2) is 142 Å². The highest BCUT2D eigenvalue weighted by Gasteiger charge is 2.43. The molecule has 1 aromatic heterocycles. The average molecular weight is 1080 g/mol. The third kappa shape index (κ3) is 18.4. The van der Waals surface area contributed by atoms with E-state index in [1.54, 1.807) is 30.5 Å². The second-order valence-electron chi connectivity index (χ2n) is 19.3. The quantitative estimate of drug-likeness (QED) is 0.0464. The number of amides is 7. The van der Waals surface area contributed by atoms with Crippen molar-refractivity contribution in [3.63, 3.8) is 0 Å². The van der Waals surface area contributed by atoms with E-state index in [0.29, 0.717) is 16.1 Å². The number of aromatic amines is 1. The summed E-state index contributed by atoms with van der Waals surface area (Å²) in [6.07, 6.45) is -0.578. The zero-order valence-corrected chi connectivity index (χ0v) is 43.3. The van der Waals surface area contributed by atoms with Gasteiger partial charge in [0.1, 0.15) is 30.0 Å². The number of guanidine groups is 2. The van der Waals surface area contributed by atoms with Crippen LogP contribution < -0.4 is 55.3 Å². The number of nitrogens with zero attached hydrogens (tertiary/aromatic N) is 3. The molecule has 7 amide bonds. The number of Topliss-reactive ketones (excluding diaryl/α,β-unsaturated/α-hetero) is 2. The topological polar surface area (TPSA) is 408 Å². The van der Waals surface area contributed by atoms with E-state index < -0.39 is 107 Å². The Kier molecular flexibility index (Phi) is 22.5. The molecular formula is C51H71ClN14O10. The monoisotopic (exact) mass is 1070 g/mol. The Hall–Kier alpha value is -7.60. The van der Waals surface area contributed by atoms with Crippen molar-refractivity contribution in [3.8, 4) is 0 Å². The van der Waals surface area contributed by atoms with E-state index in [2.05, 4.69) is 41.6 Å². The first-order valence-corrected chi connectivity index (χ1v) is 25.7. The van der Waals surface area contributed by atoms with Crippen molar-refractivity contribution in [1.82, 2.24) is 36.5 Å². The van der Waals surface area contributed by atoms with Gasteiger partial charge < -0.3 is 70.2 Å². The molecule has 2 aliphatic heterocycles. The number of carbonyl (C=O) groups is 9. The maximum Gasteiger partial charge on any atom is 0.245 e. The predicted octanol–water partition coefficient (Wildman–Crippen LogP) is -1.04. The summed E-state index contributed by atoms with van der Waals surface area (Å²) >= 11 is 6.36. The van der Waals surface area contributed by atoms with Crippen LogP contribution in [0.2, 0.25) is 5.02 Å². The van der Waals surface area contributed by atoms with Crippen molar-refractivity contribution in [2.24, 2.45) is 50.5 Å². The van der Waals surface area contributed by atoms with Crippen LogP contribution in [0.25, 0.3) is 10.9 Å². The number of hydrogen-bond acceptors (Lipinski definition) is 12. The maximum atomic E-state index is 14.8. The van der Waals surface area contributed by atoms with Crippen molar-refractivity contribution in [2.45, 2.75) is 127 Å². The zero-order chi connectivity index (χ0) is 55.5. The molecule has 0 saturated carbocycles. The number of carbonyl (C=O) groups excluding carboxylic acids is 9. The smallest absolute Gasteiger partial charge is 0.245 e. The number of fused-ring (bicyclic) bond motifs is 2. The molecule has 17 N–H and O–H groups in total. The lowest BCUT2D eigenvalue weighted by Crippen LogP contribution is -2.57. The highest BCUT2D eigenvalue weighted by molar-refractivity contribution is 6.30. The first-order valence-electron chi connectivity index (χ1n) is 25.4. The molecule has 8 atom stereocenters. The van der Waals surface area contributed by atoms with Crippen LogP contribution in [-0.2, 0) is 56.0 Å². The summed E-state index contributed by atoms with van der Waals surface area (Å²) in [6, 6.07) is 7.33. The van der Waals surface area contributed by atoms with Crippen molar-refractivity contribution in [1.29, 1.82) is 0 Å². The molecule has 0 unspecified atom stereocenters. The molecule has 0 spiro atoms. The number of aliphatic hydroxyl groups excluding tert-OH is 1. The first kappa shape index (κ1) is 59.3. The molecule has 2 saturated heterocycles. The van der Waals surface area contributed by atoms with Gasteiger partial charge in [-0.2, -0.15) is 0 Å². The number of benzene rings is 2. The number of nitrogens with one attached hydrogen (secondary N) is 6. The first-order chi connectivity index (χ1) is 36.2. The molecule has 2 aromatic carbocycles. The lowest BCUT2D eigenvalue weighted by Gasteiger charge is -2.30. The van der Waals surface area contributed by atoms with Gasteiger partial charge in [-0.25, -0.2) is 0 Å².